The minimum Gasteiger partial charge on any atom is -0.494 e. The number of aromatic nitrogens is 2. The number of nitrogens with zero attached hydrogens (tertiary/aromatic N) is 1. The Hall–Kier alpha value is -2.51. The summed E-state index contributed by atoms with van der Waals surface area (Å²) in [5.74, 6) is -0.578. The summed E-state index contributed by atoms with van der Waals surface area (Å²) in [6.07, 6.45) is -4.33. The second-order valence-corrected chi connectivity index (χ2v) is 4.30. The quantitative estimate of drug-likeness (QED) is 0.888. The van der Waals surface area contributed by atoms with Crippen molar-refractivity contribution in [1.82, 2.24) is 9.55 Å². The standard InChI is InChI=1S/C13H11F3N2O3/c1-2-9-10(19)17-12(21)18(11(9)20)8-5-3-7(4-6-8)13(14,15)16/h3-6,20H,2H2,1H3,(H,17,19,21). The van der Waals surface area contributed by atoms with Gasteiger partial charge in [0.1, 0.15) is 0 Å². The number of hydrogen-bond acceptors (Lipinski definition) is 3. The monoisotopic (exact) mass is 300 g/mol. The molecule has 1 aromatic heterocycles. The van der Waals surface area contributed by atoms with Crippen LogP contribution in [0.3, 0.4) is 0 Å². The van der Waals surface area contributed by atoms with E-state index in [-0.39, 0.29) is 17.7 Å². The molecule has 5 nitrogen and oxygen atoms in total. The van der Waals surface area contributed by atoms with E-state index in [1.165, 1.54) is 0 Å². The lowest BCUT2D eigenvalue weighted by molar-refractivity contribution is -0.137. The van der Waals surface area contributed by atoms with Crippen LogP contribution in [-0.2, 0) is 12.6 Å². The van der Waals surface area contributed by atoms with E-state index in [0.717, 1.165) is 28.8 Å². The molecule has 0 bridgehead atoms. The molecule has 0 atom stereocenters. The van der Waals surface area contributed by atoms with Gasteiger partial charge in [-0.05, 0) is 30.7 Å². The topological polar surface area (TPSA) is 75.1 Å². The zero-order valence-electron chi connectivity index (χ0n) is 10.9. The van der Waals surface area contributed by atoms with E-state index >= 15 is 0 Å². The molecule has 1 aromatic carbocycles. The molecule has 21 heavy (non-hydrogen) atoms. The Labute approximate surface area is 116 Å². The molecular formula is C13H11F3N2O3. The molecule has 0 aliphatic rings. The summed E-state index contributed by atoms with van der Waals surface area (Å²) in [5, 5.41) is 9.95. The second kappa shape index (κ2) is 5.12. The van der Waals surface area contributed by atoms with Gasteiger partial charge in [0.25, 0.3) is 5.56 Å². The van der Waals surface area contributed by atoms with Crippen LogP contribution in [0, 0.1) is 0 Å². The first-order valence-electron chi connectivity index (χ1n) is 6.00. The highest BCUT2D eigenvalue weighted by Gasteiger charge is 2.30. The summed E-state index contributed by atoms with van der Waals surface area (Å²) in [5.41, 5.74) is -2.51. The Balaban J connectivity index is 2.63. The molecule has 2 aromatic rings. The van der Waals surface area contributed by atoms with E-state index in [2.05, 4.69) is 0 Å². The maximum absolute atomic E-state index is 12.5. The fraction of sp³-hybridized carbons (Fsp3) is 0.231. The minimum atomic E-state index is -4.49. The number of benzene rings is 1. The summed E-state index contributed by atoms with van der Waals surface area (Å²) < 4.78 is 38.2. The number of alkyl halides is 3. The normalized spacial score (nSPS) is 11.6. The third kappa shape index (κ3) is 2.69. The van der Waals surface area contributed by atoms with E-state index in [1.807, 2.05) is 4.98 Å². The molecule has 1 heterocycles. The Bertz CT molecular complexity index is 773. The van der Waals surface area contributed by atoms with Crippen LogP contribution >= 0.6 is 0 Å². The molecule has 0 fully saturated rings. The number of aromatic hydroxyl groups is 1. The molecule has 0 spiro atoms. The summed E-state index contributed by atoms with van der Waals surface area (Å²) in [6, 6.07) is 3.67. The number of nitrogens with one attached hydrogen (secondary N) is 1. The highest BCUT2D eigenvalue weighted by Crippen LogP contribution is 2.29. The van der Waals surface area contributed by atoms with Gasteiger partial charge in [0, 0.05) is 0 Å². The van der Waals surface area contributed by atoms with Crippen molar-refractivity contribution in [2.75, 3.05) is 0 Å². The maximum atomic E-state index is 12.5. The van der Waals surface area contributed by atoms with Crippen molar-refractivity contribution in [3.63, 3.8) is 0 Å². The van der Waals surface area contributed by atoms with Gasteiger partial charge < -0.3 is 5.11 Å². The van der Waals surface area contributed by atoms with Crippen molar-refractivity contribution in [3.8, 4) is 11.6 Å². The van der Waals surface area contributed by atoms with Crippen molar-refractivity contribution in [1.29, 1.82) is 0 Å². The van der Waals surface area contributed by atoms with Gasteiger partial charge >= 0.3 is 11.9 Å². The molecule has 8 heteroatoms. The molecule has 0 aliphatic carbocycles. The maximum Gasteiger partial charge on any atom is 0.416 e. The van der Waals surface area contributed by atoms with Crippen molar-refractivity contribution >= 4 is 0 Å². The Morgan fingerprint density at radius 1 is 1.19 bits per heavy atom. The van der Waals surface area contributed by atoms with Gasteiger partial charge in [-0.1, -0.05) is 6.92 Å². The predicted molar refractivity (Wildman–Crippen MR) is 68.7 cm³/mol. The summed E-state index contributed by atoms with van der Waals surface area (Å²) in [6.45, 7) is 1.60. The van der Waals surface area contributed by atoms with E-state index in [9.17, 15) is 27.9 Å². The van der Waals surface area contributed by atoms with Gasteiger partial charge in [0.05, 0.1) is 16.8 Å². The molecule has 0 saturated heterocycles. The van der Waals surface area contributed by atoms with Crippen molar-refractivity contribution in [2.45, 2.75) is 19.5 Å². The minimum absolute atomic E-state index is 0.0190. The Kier molecular flexibility index (Phi) is 3.63. The summed E-state index contributed by atoms with van der Waals surface area (Å²) in [4.78, 5) is 25.2. The second-order valence-electron chi connectivity index (χ2n) is 4.30. The van der Waals surface area contributed by atoms with Crippen LogP contribution in [0.1, 0.15) is 18.1 Å². The lowest BCUT2D eigenvalue weighted by Crippen LogP contribution is -2.31. The highest BCUT2D eigenvalue weighted by molar-refractivity contribution is 5.40. The smallest absolute Gasteiger partial charge is 0.416 e. The summed E-state index contributed by atoms with van der Waals surface area (Å²) in [7, 11) is 0. The van der Waals surface area contributed by atoms with Crippen LogP contribution in [-0.4, -0.2) is 14.7 Å². The van der Waals surface area contributed by atoms with Crippen LogP contribution in [0.5, 0.6) is 5.88 Å². The number of halogens is 3. The van der Waals surface area contributed by atoms with Crippen molar-refractivity contribution < 1.29 is 18.3 Å². The third-order valence-electron chi connectivity index (χ3n) is 2.99. The van der Waals surface area contributed by atoms with Crippen LogP contribution in [0.4, 0.5) is 13.2 Å². The van der Waals surface area contributed by atoms with E-state index in [4.69, 9.17) is 0 Å². The molecule has 0 saturated carbocycles. The average Bonchev–Trinajstić information content (AvgIpc) is 2.38. The van der Waals surface area contributed by atoms with Crippen LogP contribution in [0.25, 0.3) is 5.69 Å². The van der Waals surface area contributed by atoms with Gasteiger partial charge in [0.2, 0.25) is 5.88 Å². The van der Waals surface area contributed by atoms with Gasteiger partial charge in [-0.25, -0.2) is 9.36 Å². The molecule has 0 unspecified atom stereocenters. The zero-order chi connectivity index (χ0) is 15.8. The molecule has 0 radical (unpaired) electrons. The number of aromatic amines is 1. The lowest BCUT2D eigenvalue weighted by atomic mass is 10.2. The van der Waals surface area contributed by atoms with E-state index < -0.39 is 28.9 Å². The lowest BCUT2D eigenvalue weighted by Gasteiger charge is -2.12. The molecule has 2 rings (SSSR count). The molecule has 2 N–H and O–H groups in total. The molecular weight excluding hydrogens is 289 g/mol. The summed E-state index contributed by atoms with van der Waals surface area (Å²) >= 11 is 0. The van der Waals surface area contributed by atoms with Gasteiger partial charge in [-0.2, -0.15) is 13.2 Å². The van der Waals surface area contributed by atoms with Gasteiger partial charge in [-0.15, -0.1) is 0 Å². The zero-order valence-corrected chi connectivity index (χ0v) is 10.9. The number of rotatable bonds is 2. The Morgan fingerprint density at radius 3 is 2.24 bits per heavy atom. The van der Waals surface area contributed by atoms with Crippen molar-refractivity contribution in [2.24, 2.45) is 0 Å². The Morgan fingerprint density at radius 2 is 1.76 bits per heavy atom. The largest absolute Gasteiger partial charge is 0.494 e. The average molecular weight is 300 g/mol. The first-order valence-corrected chi connectivity index (χ1v) is 6.00. The van der Waals surface area contributed by atoms with E-state index in [1.54, 1.807) is 6.92 Å². The number of H-pyrrole nitrogens is 1. The van der Waals surface area contributed by atoms with Gasteiger partial charge in [-0.3, -0.25) is 9.78 Å². The molecule has 112 valence electrons. The molecule has 0 amide bonds. The highest BCUT2D eigenvalue weighted by atomic mass is 19.4. The van der Waals surface area contributed by atoms with Gasteiger partial charge in [0.15, 0.2) is 0 Å². The molecule has 0 aliphatic heterocycles. The third-order valence-corrected chi connectivity index (χ3v) is 2.99. The fourth-order valence-corrected chi connectivity index (χ4v) is 1.92. The van der Waals surface area contributed by atoms with Crippen LogP contribution < -0.4 is 11.2 Å². The van der Waals surface area contributed by atoms with Crippen LogP contribution in [0.2, 0.25) is 0 Å². The first-order chi connectivity index (χ1) is 9.75. The first kappa shape index (κ1) is 14.9. The SMILES string of the molecule is CCc1c(O)n(-c2ccc(C(F)(F)F)cc2)c(=O)[nH]c1=O. The number of hydrogen-bond donors (Lipinski definition) is 2. The van der Waals surface area contributed by atoms with Crippen molar-refractivity contribution in [3.05, 3.63) is 56.2 Å². The van der Waals surface area contributed by atoms with Crippen LogP contribution in [0.15, 0.2) is 33.9 Å². The fourth-order valence-electron chi connectivity index (χ4n) is 1.92. The van der Waals surface area contributed by atoms with E-state index in [0.29, 0.717) is 0 Å². The predicted octanol–water partition coefficient (Wildman–Crippen LogP) is 1.81.